The Labute approximate surface area is 171 Å². The Balaban J connectivity index is 2.09. The van der Waals surface area contributed by atoms with Crippen LogP contribution in [0, 0.1) is 11.3 Å². The lowest BCUT2D eigenvalue weighted by Crippen LogP contribution is -2.13. The van der Waals surface area contributed by atoms with Crippen LogP contribution in [0.15, 0.2) is 48.0 Å². The van der Waals surface area contributed by atoms with Crippen molar-refractivity contribution in [1.82, 2.24) is 0 Å². The van der Waals surface area contributed by atoms with Crippen molar-refractivity contribution in [3.8, 4) is 23.3 Å². The predicted octanol–water partition coefficient (Wildman–Crippen LogP) is 4.82. The van der Waals surface area contributed by atoms with Gasteiger partial charge >= 0.3 is 0 Å². The third kappa shape index (κ3) is 6.58. The number of ether oxygens (including phenoxy) is 3. The number of rotatable bonds is 10. The molecule has 0 saturated carbocycles. The quantitative estimate of drug-likeness (QED) is 0.355. The number of unbranched alkanes of at least 4 members (excludes halogenated alkanes) is 1. The second kappa shape index (κ2) is 11.4. The van der Waals surface area contributed by atoms with Crippen molar-refractivity contribution in [1.29, 1.82) is 5.26 Å². The molecule has 0 aliphatic carbocycles. The highest BCUT2D eigenvalue weighted by atomic mass is 16.5. The maximum absolute atomic E-state index is 12.5. The molecule has 0 atom stereocenters. The van der Waals surface area contributed by atoms with Crippen molar-refractivity contribution in [2.75, 3.05) is 25.6 Å². The van der Waals surface area contributed by atoms with Crippen LogP contribution in [0.1, 0.15) is 32.3 Å². The number of methoxy groups -OCH3 is 1. The van der Waals surface area contributed by atoms with Crippen LogP contribution in [0.4, 0.5) is 5.69 Å². The highest BCUT2D eigenvalue weighted by Gasteiger charge is 2.11. The second-order valence-electron chi connectivity index (χ2n) is 6.19. The summed E-state index contributed by atoms with van der Waals surface area (Å²) in [6.07, 6.45) is 3.57. The molecule has 0 spiro atoms. The SMILES string of the molecule is CCCCOc1ccc(NC(=O)/C(C#N)=C/c2ccc(OCC)c(OC)c2)cc1. The summed E-state index contributed by atoms with van der Waals surface area (Å²) in [5.74, 6) is 1.40. The lowest BCUT2D eigenvalue weighted by molar-refractivity contribution is -0.112. The number of carbonyl (C=O) groups excluding carboxylic acids is 1. The van der Waals surface area contributed by atoms with Crippen LogP contribution in [-0.4, -0.2) is 26.2 Å². The van der Waals surface area contributed by atoms with Gasteiger partial charge in [0.25, 0.3) is 5.91 Å². The van der Waals surface area contributed by atoms with Crippen molar-refractivity contribution in [3.63, 3.8) is 0 Å². The molecular formula is C23H26N2O4. The van der Waals surface area contributed by atoms with E-state index in [4.69, 9.17) is 14.2 Å². The summed E-state index contributed by atoms with van der Waals surface area (Å²) in [4.78, 5) is 12.5. The summed E-state index contributed by atoms with van der Waals surface area (Å²) in [5.41, 5.74) is 1.24. The first kappa shape index (κ1) is 21.8. The van der Waals surface area contributed by atoms with Gasteiger partial charge in [0.1, 0.15) is 17.4 Å². The standard InChI is InChI=1S/C23H26N2O4/c1-4-6-13-29-20-10-8-19(9-11-20)25-23(26)18(16-24)14-17-7-12-21(28-5-2)22(15-17)27-3/h7-12,14-15H,4-6,13H2,1-3H3,(H,25,26)/b18-14+. The van der Waals surface area contributed by atoms with Gasteiger partial charge in [0, 0.05) is 5.69 Å². The zero-order valence-electron chi connectivity index (χ0n) is 17.0. The molecule has 2 aromatic carbocycles. The largest absolute Gasteiger partial charge is 0.494 e. The maximum atomic E-state index is 12.5. The van der Waals surface area contributed by atoms with E-state index in [9.17, 15) is 10.1 Å². The highest BCUT2D eigenvalue weighted by molar-refractivity contribution is 6.09. The van der Waals surface area contributed by atoms with E-state index >= 15 is 0 Å². The molecule has 0 bridgehead atoms. The predicted molar refractivity (Wildman–Crippen MR) is 113 cm³/mol. The van der Waals surface area contributed by atoms with Gasteiger partial charge in [0.15, 0.2) is 11.5 Å². The number of nitriles is 1. The Kier molecular flexibility index (Phi) is 8.58. The second-order valence-corrected chi connectivity index (χ2v) is 6.19. The smallest absolute Gasteiger partial charge is 0.266 e. The first-order valence-electron chi connectivity index (χ1n) is 9.58. The van der Waals surface area contributed by atoms with E-state index in [-0.39, 0.29) is 5.57 Å². The van der Waals surface area contributed by atoms with Gasteiger partial charge in [-0.15, -0.1) is 0 Å². The molecule has 0 aliphatic heterocycles. The minimum Gasteiger partial charge on any atom is -0.494 e. The normalized spacial score (nSPS) is 10.8. The summed E-state index contributed by atoms with van der Waals surface area (Å²) in [7, 11) is 1.54. The molecule has 2 rings (SSSR count). The topological polar surface area (TPSA) is 80.6 Å². The number of hydrogen-bond acceptors (Lipinski definition) is 5. The van der Waals surface area contributed by atoms with Crippen molar-refractivity contribution in [2.24, 2.45) is 0 Å². The van der Waals surface area contributed by atoms with Gasteiger partial charge in [-0.3, -0.25) is 4.79 Å². The Hall–Kier alpha value is -3.46. The summed E-state index contributed by atoms with van der Waals surface area (Å²) in [6.45, 7) is 5.16. The molecule has 0 unspecified atom stereocenters. The van der Waals surface area contributed by atoms with E-state index in [1.54, 1.807) is 49.6 Å². The summed E-state index contributed by atoms with van der Waals surface area (Å²) in [5, 5.41) is 12.1. The third-order valence-corrected chi connectivity index (χ3v) is 4.04. The van der Waals surface area contributed by atoms with Crippen LogP contribution in [0.5, 0.6) is 17.2 Å². The van der Waals surface area contributed by atoms with Crippen LogP contribution in [0.25, 0.3) is 6.08 Å². The summed E-state index contributed by atoms with van der Waals surface area (Å²) >= 11 is 0. The van der Waals surface area contributed by atoms with Crippen LogP contribution in [-0.2, 0) is 4.79 Å². The fraction of sp³-hybridized carbons (Fsp3) is 0.304. The van der Waals surface area contributed by atoms with Gasteiger partial charge in [-0.05, 0) is 61.4 Å². The highest BCUT2D eigenvalue weighted by Crippen LogP contribution is 2.29. The van der Waals surface area contributed by atoms with Crippen molar-refractivity contribution in [3.05, 3.63) is 53.6 Å². The molecule has 29 heavy (non-hydrogen) atoms. The molecule has 6 nitrogen and oxygen atoms in total. The van der Waals surface area contributed by atoms with E-state index in [0.717, 1.165) is 18.6 Å². The molecule has 0 aliphatic rings. The molecule has 152 valence electrons. The number of carbonyl (C=O) groups is 1. The van der Waals surface area contributed by atoms with Gasteiger partial charge in [-0.1, -0.05) is 19.4 Å². The molecule has 6 heteroatoms. The minimum absolute atomic E-state index is 0.0144. The Morgan fingerprint density at radius 2 is 1.86 bits per heavy atom. The molecule has 0 saturated heterocycles. The van der Waals surface area contributed by atoms with E-state index in [0.29, 0.717) is 36.0 Å². The van der Waals surface area contributed by atoms with Crippen LogP contribution < -0.4 is 19.5 Å². The fourth-order valence-corrected chi connectivity index (χ4v) is 2.53. The number of nitrogens with zero attached hydrogens (tertiary/aromatic N) is 1. The first-order valence-corrected chi connectivity index (χ1v) is 9.58. The molecule has 1 amide bonds. The van der Waals surface area contributed by atoms with Crippen LogP contribution in [0.2, 0.25) is 0 Å². The summed E-state index contributed by atoms with van der Waals surface area (Å²) in [6, 6.07) is 14.2. The van der Waals surface area contributed by atoms with Crippen molar-refractivity contribution < 1.29 is 19.0 Å². The van der Waals surface area contributed by atoms with Gasteiger partial charge in [-0.2, -0.15) is 5.26 Å². The van der Waals surface area contributed by atoms with Crippen LogP contribution >= 0.6 is 0 Å². The number of anilines is 1. The monoisotopic (exact) mass is 394 g/mol. The fourth-order valence-electron chi connectivity index (χ4n) is 2.53. The lowest BCUT2D eigenvalue weighted by Gasteiger charge is -2.10. The van der Waals surface area contributed by atoms with E-state index in [1.807, 2.05) is 13.0 Å². The van der Waals surface area contributed by atoms with Crippen LogP contribution in [0.3, 0.4) is 0 Å². The number of benzene rings is 2. The van der Waals surface area contributed by atoms with E-state index in [1.165, 1.54) is 6.08 Å². The first-order chi connectivity index (χ1) is 14.1. The van der Waals surface area contributed by atoms with Crippen molar-refractivity contribution in [2.45, 2.75) is 26.7 Å². The maximum Gasteiger partial charge on any atom is 0.266 e. The van der Waals surface area contributed by atoms with Gasteiger partial charge in [0.05, 0.1) is 20.3 Å². The third-order valence-electron chi connectivity index (χ3n) is 4.04. The molecule has 0 aromatic heterocycles. The molecule has 0 fully saturated rings. The average Bonchev–Trinajstić information content (AvgIpc) is 2.74. The Bertz CT molecular complexity index is 883. The molecule has 0 radical (unpaired) electrons. The lowest BCUT2D eigenvalue weighted by atomic mass is 10.1. The summed E-state index contributed by atoms with van der Waals surface area (Å²) < 4.78 is 16.4. The Morgan fingerprint density at radius 3 is 2.48 bits per heavy atom. The average molecular weight is 394 g/mol. The van der Waals surface area contributed by atoms with E-state index < -0.39 is 5.91 Å². The van der Waals surface area contributed by atoms with Crippen molar-refractivity contribution >= 4 is 17.7 Å². The number of nitrogens with one attached hydrogen (secondary N) is 1. The molecular weight excluding hydrogens is 368 g/mol. The minimum atomic E-state index is -0.486. The van der Waals surface area contributed by atoms with Gasteiger partial charge < -0.3 is 19.5 Å². The zero-order valence-corrected chi connectivity index (χ0v) is 17.0. The number of hydrogen-bond donors (Lipinski definition) is 1. The van der Waals surface area contributed by atoms with Gasteiger partial charge in [-0.25, -0.2) is 0 Å². The molecule has 0 heterocycles. The van der Waals surface area contributed by atoms with E-state index in [2.05, 4.69) is 12.2 Å². The zero-order chi connectivity index (χ0) is 21.1. The Morgan fingerprint density at radius 1 is 1.10 bits per heavy atom. The van der Waals surface area contributed by atoms with Gasteiger partial charge in [0.2, 0.25) is 0 Å². The molecule has 2 aromatic rings. The number of amides is 1. The molecule has 1 N–H and O–H groups in total.